The average molecular weight is 295 g/mol. The van der Waals surface area contributed by atoms with E-state index >= 15 is 0 Å². The Kier molecular flexibility index (Phi) is 4.04. The lowest BCUT2D eigenvalue weighted by Crippen LogP contribution is -2.13. The van der Waals surface area contributed by atoms with Crippen LogP contribution < -0.4 is 4.72 Å². The van der Waals surface area contributed by atoms with Gasteiger partial charge in [0, 0.05) is 11.9 Å². The van der Waals surface area contributed by atoms with Crippen LogP contribution in [0, 0.1) is 0 Å². The summed E-state index contributed by atoms with van der Waals surface area (Å²) in [5.41, 5.74) is 0.552. The number of hydrogen-bond acceptors (Lipinski definition) is 5. The summed E-state index contributed by atoms with van der Waals surface area (Å²) in [5.74, 6) is -0.503. The highest BCUT2D eigenvalue weighted by Crippen LogP contribution is 2.16. The van der Waals surface area contributed by atoms with Gasteiger partial charge in [-0.2, -0.15) is 5.10 Å². The first-order chi connectivity index (χ1) is 9.53. The van der Waals surface area contributed by atoms with Gasteiger partial charge in [-0.1, -0.05) is 6.07 Å². The van der Waals surface area contributed by atoms with E-state index in [0.717, 1.165) is 0 Å². The predicted molar refractivity (Wildman–Crippen MR) is 71.8 cm³/mol. The second kappa shape index (κ2) is 5.74. The van der Waals surface area contributed by atoms with Crippen molar-refractivity contribution < 1.29 is 17.9 Å². The zero-order chi connectivity index (χ0) is 14.6. The molecule has 0 spiro atoms. The first-order valence-corrected chi connectivity index (χ1v) is 7.30. The fraction of sp³-hybridized carbons (Fsp3) is 0.167. The number of carbonyl (C=O) groups is 1. The van der Waals surface area contributed by atoms with E-state index in [4.69, 9.17) is 4.74 Å². The summed E-state index contributed by atoms with van der Waals surface area (Å²) in [5, 5.41) is 6.01. The van der Waals surface area contributed by atoms with Crippen LogP contribution in [0.2, 0.25) is 0 Å². The van der Waals surface area contributed by atoms with Gasteiger partial charge in [-0.15, -0.1) is 0 Å². The van der Waals surface area contributed by atoms with Gasteiger partial charge in [-0.05, 0) is 25.1 Å². The Morgan fingerprint density at radius 2 is 2.25 bits per heavy atom. The summed E-state index contributed by atoms with van der Waals surface area (Å²) >= 11 is 0. The zero-order valence-corrected chi connectivity index (χ0v) is 11.5. The van der Waals surface area contributed by atoms with Crippen LogP contribution in [-0.4, -0.2) is 31.2 Å². The number of ether oxygens (including phenoxy) is 1. The number of hydrogen-bond donors (Lipinski definition) is 2. The highest BCUT2D eigenvalue weighted by molar-refractivity contribution is 7.92. The van der Waals surface area contributed by atoms with Crippen molar-refractivity contribution in [3.05, 3.63) is 42.2 Å². The van der Waals surface area contributed by atoms with Crippen molar-refractivity contribution in [3.63, 3.8) is 0 Å². The second-order valence-electron chi connectivity index (χ2n) is 3.84. The maximum absolute atomic E-state index is 12.0. The van der Waals surface area contributed by atoms with Crippen molar-refractivity contribution in [1.29, 1.82) is 0 Å². The molecule has 1 heterocycles. The number of benzene rings is 1. The molecule has 106 valence electrons. The monoisotopic (exact) mass is 295 g/mol. The Morgan fingerprint density at radius 1 is 1.45 bits per heavy atom. The summed E-state index contributed by atoms with van der Waals surface area (Å²) < 4.78 is 31.2. The van der Waals surface area contributed by atoms with Crippen molar-refractivity contribution in [1.82, 2.24) is 10.2 Å². The van der Waals surface area contributed by atoms with E-state index in [1.807, 2.05) is 0 Å². The van der Waals surface area contributed by atoms with E-state index in [9.17, 15) is 13.2 Å². The largest absolute Gasteiger partial charge is 0.462 e. The molecule has 0 fully saturated rings. The van der Waals surface area contributed by atoms with Gasteiger partial charge in [0.25, 0.3) is 10.0 Å². The summed E-state index contributed by atoms with van der Waals surface area (Å²) in [4.78, 5) is 11.6. The Labute approximate surface area is 116 Å². The van der Waals surface area contributed by atoms with Crippen molar-refractivity contribution >= 4 is 21.7 Å². The molecule has 0 saturated heterocycles. The molecule has 1 aromatic heterocycles. The minimum atomic E-state index is -3.72. The first kappa shape index (κ1) is 14.1. The minimum absolute atomic E-state index is 0.0130. The van der Waals surface area contributed by atoms with Gasteiger partial charge >= 0.3 is 5.97 Å². The number of nitrogens with one attached hydrogen (secondary N) is 2. The molecule has 0 aliphatic carbocycles. The van der Waals surface area contributed by atoms with Gasteiger partial charge in [0.15, 0.2) is 0 Å². The highest BCUT2D eigenvalue weighted by atomic mass is 32.2. The SMILES string of the molecule is CCOC(=O)c1cccc(NS(=O)(=O)c2cn[nH]c2)c1. The minimum Gasteiger partial charge on any atom is -0.462 e. The fourth-order valence-corrected chi connectivity index (χ4v) is 2.48. The number of esters is 1. The van der Waals surface area contributed by atoms with E-state index in [1.165, 1.54) is 18.5 Å². The van der Waals surface area contributed by atoms with Crippen LogP contribution in [0.15, 0.2) is 41.6 Å². The molecule has 0 atom stereocenters. The topological polar surface area (TPSA) is 101 Å². The maximum Gasteiger partial charge on any atom is 0.338 e. The molecule has 20 heavy (non-hydrogen) atoms. The van der Waals surface area contributed by atoms with Gasteiger partial charge in [0.05, 0.1) is 18.4 Å². The third-order valence-corrected chi connectivity index (χ3v) is 3.76. The summed E-state index contributed by atoms with van der Waals surface area (Å²) in [6, 6.07) is 6.07. The highest BCUT2D eigenvalue weighted by Gasteiger charge is 2.16. The first-order valence-electron chi connectivity index (χ1n) is 5.81. The van der Waals surface area contributed by atoms with E-state index in [-0.39, 0.29) is 22.8 Å². The number of aromatic amines is 1. The van der Waals surface area contributed by atoms with E-state index in [2.05, 4.69) is 14.9 Å². The van der Waals surface area contributed by atoms with Crippen LogP contribution in [0.1, 0.15) is 17.3 Å². The molecule has 7 nitrogen and oxygen atoms in total. The molecule has 8 heteroatoms. The summed E-state index contributed by atoms with van der Waals surface area (Å²) in [6.07, 6.45) is 2.45. The molecule has 2 aromatic rings. The lowest BCUT2D eigenvalue weighted by Gasteiger charge is -2.07. The second-order valence-corrected chi connectivity index (χ2v) is 5.52. The van der Waals surface area contributed by atoms with Crippen LogP contribution in [-0.2, 0) is 14.8 Å². The molecule has 0 aliphatic heterocycles. The molecule has 0 bridgehead atoms. The van der Waals surface area contributed by atoms with Crippen LogP contribution in [0.25, 0.3) is 0 Å². The van der Waals surface area contributed by atoms with Crippen LogP contribution in [0.4, 0.5) is 5.69 Å². The van der Waals surface area contributed by atoms with Gasteiger partial charge in [0.2, 0.25) is 0 Å². The third-order valence-electron chi connectivity index (χ3n) is 2.41. The number of sulfonamides is 1. The lowest BCUT2D eigenvalue weighted by atomic mass is 10.2. The van der Waals surface area contributed by atoms with E-state index in [1.54, 1.807) is 25.1 Å². The number of nitrogens with zero attached hydrogens (tertiary/aromatic N) is 1. The Balaban J connectivity index is 2.22. The molecule has 0 saturated carbocycles. The number of H-pyrrole nitrogens is 1. The van der Waals surface area contributed by atoms with Crippen molar-refractivity contribution in [2.75, 3.05) is 11.3 Å². The van der Waals surface area contributed by atoms with Crippen LogP contribution in [0.3, 0.4) is 0 Å². The van der Waals surface area contributed by atoms with Gasteiger partial charge in [0.1, 0.15) is 4.90 Å². The number of carbonyl (C=O) groups excluding carboxylic acids is 1. The average Bonchev–Trinajstić information content (AvgIpc) is 2.93. The van der Waals surface area contributed by atoms with Crippen LogP contribution >= 0.6 is 0 Å². The number of aromatic nitrogens is 2. The normalized spacial score (nSPS) is 11.1. The van der Waals surface area contributed by atoms with Crippen molar-refractivity contribution in [3.8, 4) is 0 Å². The molecule has 0 radical (unpaired) electrons. The predicted octanol–water partition coefficient (Wildman–Crippen LogP) is 1.39. The van der Waals surface area contributed by atoms with Crippen LogP contribution in [0.5, 0.6) is 0 Å². The fourth-order valence-electron chi connectivity index (χ4n) is 1.52. The Bertz CT molecular complexity index is 695. The number of rotatable bonds is 5. The molecule has 2 rings (SSSR count). The molecular weight excluding hydrogens is 282 g/mol. The summed E-state index contributed by atoms with van der Waals surface area (Å²) in [7, 11) is -3.72. The van der Waals surface area contributed by atoms with Gasteiger partial charge in [-0.25, -0.2) is 13.2 Å². The standard InChI is InChI=1S/C12H13N3O4S/c1-2-19-12(16)9-4-3-5-10(6-9)15-20(17,18)11-7-13-14-8-11/h3-8,15H,2H2,1H3,(H,13,14). The molecule has 0 aliphatic rings. The Morgan fingerprint density at radius 3 is 2.90 bits per heavy atom. The zero-order valence-electron chi connectivity index (χ0n) is 10.7. The summed E-state index contributed by atoms with van der Waals surface area (Å²) in [6.45, 7) is 1.95. The van der Waals surface area contributed by atoms with E-state index in [0.29, 0.717) is 0 Å². The number of anilines is 1. The smallest absolute Gasteiger partial charge is 0.338 e. The quantitative estimate of drug-likeness (QED) is 0.812. The van der Waals surface area contributed by atoms with Crippen molar-refractivity contribution in [2.45, 2.75) is 11.8 Å². The molecule has 0 amide bonds. The molecule has 1 aromatic carbocycles. The van der Waals surface area contributed by atoms with Gasteiger partial charge in [-0.3, -0.25) is 9.82 Å². The van der Waals surface area contributed by atoms with Crippen molar-refractivity contribution in [2.24, 2.45) is 0 Å². The Hall–Kier alpha value is -2.35. The molecular formula is C12H13N3O4S. The van der Waals surface area contributed by atoms with Gasteiger partial charge < -0.3 is 4.74 Å². The molecule has 0 unspecified atom stereocenters. The maximum atomic E-state index is 12.0. The third kappa shape index (κ3) is 3.15. The van der Waals surface area contributed by atoms with E-state index < -0.39 is 16.0 Å². The molecule has 2 N–H and O–H groups in total. The lowest BCUT2D eigenvalue weighted by molar-refractivity contribution is 0.0526.